The molecule has 0 rings (SSSR count). The maximum absolute atomic E-state index is 9.13. The van der Waals surface area contributed by atoms with E-state index in [0.717, 1.165) is 5.57 Å². The van der Waals surface area contributed by atoms with E-state index in [1.54, 1.807) is 0 Å². The zero-order valence-electron chi connectivity index (χ0n) is 10.7. The fraction of sp³-hybridized carbons (Fsp3) is 0.615. The van der Waals surface area contributed by atoms with Gasteiger partial charge >= 0.3 is 0 Å². The van der Waals surface area contributed by atoms with E-state index < -0.39 is 6.10 Å². The maximum Gasteiger partial charge on any atom is 0.0710 e. The van der Waals surface area contributed by atoms with E-state index in [9.17, 15) is 0 Å². The van der Waals surface area contributed by atoms with Crippen LogP contribution in [0.15, 0.2) is 24.3 Å². The van der Waals surface area contributed by atoms with Crippen molar-refractivity contribution in [2.45, 2.75) is 53.6 Å². The molecule has 0 radical (unpaired) electrons. The van der Waals surface area contributed by atoms with Gasteiger partial charge in [-0.05, 0) is 13.3 Å². The number of aliphatic hydroxyl groups is 1. The number of nitrogens with zero attached hydrogens (tertiary/aromatic N) is 1. The van der Waals surface area contributed by atoms with Gasteiger partial charge in [-0.3, -0.25) is 0 Å². The fourth-order valence-electron chi connectivity index (χ4n) is 0.784. The summed E-state index contributed by atoms with van der Waals surface area (Å²) in [6, 6.07) is 1.90. The van der Waals surface area contributed by atoms with Crippen molar-refractivity contribution in [2.24, 2.45) is 0 Å². The molecule has 0 unspecified atom stereocenters. The topological polar surface area (TPSA) is 44.0 Å². The molecule has 0 saturated carbocycles. The first kappa shape index (κ1) is 19.5. The summed E-state index contributed by atoms with van der Waals surface area (Å²) in [6.07, 6.45) is 3.79. The Hall–Kier alpha value is -1.07. The predicted octanol–water partition coefficient (Wildman–Crippen LogP) is 3.84. The van der Waals surface area contributed by atoms with Gasteiger partial charge in [0.2, 0.25) is 0 Å². The Kier molecular flexibility index (Phi) is 24.3. The number of nitriles is 1. The fourth-order valence-corrected chi connectivity index (χ4v) is 0.784. The molecule has 0 heterocycles. The summed E-state index contributed by atoms with van der Waals surface area (Å²) >= 11 is 0. The molecule has 2 heteroatoms. The molecule has 0 aromatic rings. The molecule has 0 fully saturated rings. The number of aliphatic hydroxyl groups excluding tert-OH is 1. The second kappa shape index (κ2) is 18.7. The number of hydrogen-bond donors (Lipinski definition) is 1. The van der Waals surface area contributed by atoms with Crippen LogP contribution in [0.3, 0.4) is 0 Å². The summed E-state index contributed by atoms with van der Waals surface area (Å²) < 4.78 is 0. The third-order valence-corrected chi connectivity index (χ3v) is 1.23. The largest absolute Gasteiger partial charge is 0.392 e. The SMILES string of the molecule is C=C(/C=C/C)C[C@@H](O)CC#N.CC.CC. The minimum Gasteiger partial charge on any atom is -0.392 e. The first-order valence-electron chi connectivity index (χ1n) is 5.56. The summed E-state index contributed by atoms with van der Waals surface area (Å²) in [4.78, 5) is 0. The molecular weight excluding hydrogens is 186 g/mol. The maximum atomic E-state index is 9.13. The lowest BCUT2D eigenvalue weighted by molar-refractivity contribution is 0.181. The molecule has 0 aliphatic rings. The van der Waals surface area contributed by atoms with Crippen LogP contribution in [0.1, 0.15) is 47.5 Å². The van der Waals surface area contributed by atoms with Crippen LogP contribution in [0, 0.1) is 11.3 Å². The molecule has 88 valence electrons. The van der Waals surface area contributed by atoms with Gasteiger partial charge in [0.25, 0.3) is 0 Å². The Morgan fingerprint density at radius 2 is 1.87 bits per heavy atom. The predicted molar refractivity (Wildman–Crippen MR) is 67.5 cm³/mol. The summed E-state index contributed by atoms with van der Waals surface area (Å²) in [5, 5.41) is 17.4. The van der Waals surface area contributed by atoms with Crippen molar-refractivity contribution in [2.75, 3.05) is 0 Å². The average Bonchev–Trinajstić information content (AvgIpc) is 2.24. The molecule has 0 spiro atoms. The first-order valence-corrected chi connectivity index (χ1v) is 5.56. The van der Waals surface area contributed by atoms with Crippen LogP contribution in [0.5, 0.6) is 0 Å². The van der Waals surface area contributed by atoms with E-state index >= 15 is 0 Å². The number of allylic oxidation sites excluding steroid dienone is 2. The van der Waals surface area contributed by atoms with Gasteiger partial charge in [0, 0.05) is 0 Å². The van der Waals surface area contributed by atoms with Gasteiger partial charge < -0.3 is 5.11 Å². The molecule has 1 N–H and O–H groups in total. The third-order valence-electron chi connectivity index (χ3n) is 1.23. The summed E-state index contributed by atoms with van der Waals surface area (Å²) in [6.45, 7) is 13.6. The normalized spacial score (nSPS) is 10.2. The van der Waals surface area contributed by atoms with E-state index in [1.165, 1.54) is 0 Å². The highest BCUT2D eigenvalue weighted by molar-refractivity contribution is 5.14. The smallest absolute Gasteiger partial charge is 0.0710 e. The minimum atomic E-state index is -0.566. The molecular formula is C13H25NO. The lowest BCUT2D eigenvalue weighted by atomic mass is 10.1. The Morgan fingerprint density at radius 3 is 2.20 bits per heavy atom. The van der Waals surface area contributed by atoms with Gasteiger partial charge in [-0.15, -0.1) is 0 Å². The van der Waals surface area contributed by atoms with Gasteiger partial charge in [0.15, 0.2) is 0 Å². The minimum absolute atomic E-state index is 0.177. The van der Waals surface area contributed by atoms with Crippen LogP contribution in [0.4, 0.5) is 0 Å². The molecule has 0 bridgehead atoms. The molecule has 0 saturated heterocycles. The molecule has 15 heavy (non-hydrogen) atoms. The molecule has 0 aromatic heterocycles. The van der Waals surface area contributed by atoms with Crippen molar-refractivity contribution in [3.63, 3.8) is 0 Å². The van der Waals surface area contributed by atoms with E-state index in [1.807, 2.05) is 52.8 Å². The average molecular weight is 211 g/mol. The molecule has 2 nitrogen and oxygen atoms in total. The van der Waals surface area contributed by atoms with Crippen molar-refractivity contribution in [1.82, 2.24) is 0 Å². The van der Waals surface area contributed by atoms with E-state index in [0.29, 0.717) is 6.42 Å². The number of hydrogen-bond acceptors (Lipinski definition) is 2. The van der Waals surface area contributed by atoms with E-state index in [-0.39, 0.29) is 6.42 Å². The van der Waals surface area contributed by atoms with Crippen LogP contribution in [0.25, 0.3) is 0 Å². The van der Waals surface area contributed by atoms with Crippen molar-refractivity contribution < 1.29 is 5.11 Å². The first-order chi connectivity index (χ1) is 7.20. The van der Waals surface area contributed by atoms with Gasteiger partial charge in [-0.1, -0.05) is 52.0 Å². The summed E-state index contributed by atoms with van der Waals surface area (Å²) in [5.74, 6) is 0. The molecule has 1 atom stereocenters. The van der Waals surface area contributed by atoms with Gasteiger partial charge in [0.1, 0.15) is 0 Å². The van der Waals surface area contributed by atoms with Crippen molar-refractivity contribution in [3.8, 4) is 6.07 Å². The molecule has 0 aromatic carbocycles. The van der Waals surface area contributed by atoms with Crippen molar-refractivity contribution in [3.05, 3.63) is 24.3 Å². The Bertz CT molecular complexity index is 189. The second-order valence-corrected chi connectivity index (χ2v) is 2.38. The van der Waals surface area contributed by atoms with Crippen LogP contribution in [-0.4, -0.2) is 11.2 Å². The Labute approximate surface area is 94.9 Å². The highest BCUT2D eigenvalue weighted by Gasteiger charge is 2.02. The lowest BCUT2D eigenvalue weighted by Crippen LogP contribution is -2.04. The monoisotopic (exact) mass is 211 g/mol. The van der Waals surface area contributed by atoms with E-state index in [4.69, 9.17) is 10.4 Å². The van der Waals surface area contributed by atoms with Gasteiger partial charge in [-0.2, -0.15) is 5.26 Å². The lowest BCUT2D eigenvalue weighted by Gasteiger charge is -2.04. The standard InChI is InChI=1S/C9H13NO.2C2H6/c1-3-4-8(2)7-9(11)5-6-10;2*1-2/h3-4,9,11H,2,5,7H2,1H3;2*1-2H3/b4-3+;;/t9-;;/m0../s1. The zero-order chi connectivity index (χ0) is 12.7. The van der Waals surface area contributed by atoms with Gasteiger partial charge in [-0.25, -0.2) is 0 Å². The van der Waals surface area contributed by atoms with Crippen LogP contribution >= 0.6 is 0 Å². The van der Waals surface area contributed by atoms with Gasteiger partial charge in [0.05, 0.1) is 18.6 Å². The quantitative estimate of drug-likeness (QED) is 0.718. The van der Waals surface area contributed by atoms with Crippen molar-refractivity contribution in [1.29, 1.82) is 5.26 Å². The Morgan fingerprint density at radius 1 is 1.40 bits per heavy atom. The molecule has 0 aliphatic carbocycles. The van der Waals surface area contributed by atoms with Crippen molar-refractivity contribution >= 4 is 0 Å². The zero-order valence-corrected chi connectivity index (χ0v) is 10.7. The Balaban J connectivity index is -0.000000318. The van der Waals surface area contributed by atoms with Crippen LogP contribution in [-0.2, 0) is 0 Å². The molecule has 0 aliphatic heterocycles. The highest BCUT2D eigenvalue weighted by atomic mass is 16.3. The third kappa shape index (κ3) is 19.4. The number of rotatable bonds is 4. The van der Waals surface area contributed by atoms with Crippen LogP contribution in [0.2, 0.25) is 0 Å². The summed E-state index contributed by atoms with van der Waals surface area (Å²) in [5.41, 5.74) is 0.857. The van der Waals surface area contributed by atoms with E-state index in [2.05, 4.69) is 6.58 Å². The second-order valence-electron chi connectivity index (χ2n) is 2.38. The van der Waals surface area contributed by atoms with Crippen LogP contribution < -0.4 is 0 Å². The summed E-state index contributed by atoms with van der Waals surface area (Å²) in [7, 11) is 0. The molecule has 0 amide bonds. The highest BCUT2D eigenvalue weighted by Crippen LogP contribution is 2.06.